The molecular formula is C21H25N5O2S2. The molecule has 0 fully saturated rings. The van der Waals surface area contributed by atoms with Gasteiger partial charge in [0.2, 0.25) is 11.0 Å². The molecular weight excluding hydrogens is 418 g/mol. The molecule has 0 saturated heterocycles. The highest BCUT2D eigenvalue weighted by atomic mass is 32.2. The molecule has 1 heterocycles. The molecule has 7 nitrogen and oxygen atoms in total. The lowest BCUT2D eigenvalue weighted by Gasteiger charge is -2.14. The van der Waals surface area contributed by atoms with Crippen LogP contribution in [-0.2, 0) is 4.79 Å². The van der Waals surface area contributed by atoms with Gasteiger partial charge in [0.25, 0.3) is 0 Å². The van der Waals surface area contributed by atoms with Crippen molar-refractivity contribution in [3.05, 3.63) is 48.5 Å². The quantitative estimate of drug-likeness (QED) is 0.457. The molecule has 1 atom stereocenters. The number of anilines is 4. The molecule has 0 aliphatic rings. The number of rotatable bonds is 9. The van der Waals surface area contributed by atoms with E-state index in [1.165, 1.54) is 23.1 Å². The van der Waals surface area contributed by atoms with Crippen molar-refractivity contribution in [3.8, 4) is 5.75 Å². The zero-order chi connectivity index (χ0) is 21.5. The van der Waals surface area contributed by atoms with E-state index in [-0.39, 0.29) is 11.2 Å². The number of amides is 1. The third-order valence-electron chi connectivity index (χ3n) is 4.13. The number of carbonyl (C=O) groups is 1. The van der Waals surface area contributed by atoms with Crippen LogP contribution in [0.5, 0.6) is 5.75 Å². The summed E-state index contributed by atoms with van der Waals surface area (Å²) in [5, 5.41) is 14.9. The molecule has 3 aromatic rings. The number of para-hydroxylation sites is 2. The Balaban J connectivity index is 1.58. The molecule has 2 aromatic carbocycles. The smallest absolute Gasteiger partial charge is 0.237 e. The standard InChI is InChI=1S/C21H25N5O2S2/c1-5-28-18-9-7-6-8-17(18)23-20-24-25-21(30-20)29-14(2)19(27)22-15-10-12-16(13-11-15)26(3)4/h6-14H,5H2,1-4H3,(H,22,27)(H,23,24)/t14-/m1/s1. The summed E-state index contributed by atoms with van der Waals surface area (Å²) in [5.41, 5.74) is 2.68. The van der Waals surface area contributed by atoms with Crippen LogP contribution in [0.1, 0.15) is 13.8 Å². The topological polar surface area (TPSA) is 79.4 Å². The summed E-state index contributed by atoms with van der Waals surface area (Å²) in [6, 6.07) is 15.4. The molecule has 0 unspecified atom stereocenters. The second kappa shape index (κ2) is 10.3. The van der Waals surface area contributed by atoms with Crippen LogP contribution in [0.3, 0.4) is 0 Å². The van der Waals surface area contributed by atoms with Gasteiger partial charge in [0.1, 0.15) is 5.75 Å². The van der Waals surface area contributed by atoms with Gasteiger partial charge in [-0.3, -0.25) is 4.79 Å². The van der Waals surface area contributed by atoms with Crippen LogP contribution < -0.4 is 20.3 Å². The largest absolute Gasteiger partial charge is 0.492 e. The van der Waals surface area contributed by atoms with Gasteiger partial charge in [-0.1, -0.05) is 35.2 Å². The Morgan fingerprint density at radius 1 is 1.17 bits per heavy atom. The fraction of sp³-hybridized carbons (Fsp3) is 0.286. The van der Waals surface area contributed by atoms with Gasteiger partial charge in [-0.2, -0.15) is 0 Å². The molecule has 158 valence electrons. The number of hydrogen-bond donors (Lipinski definition) is 2. The van der Waals surface area contributed by atoms with Gasteiger partial charge >= 0.3 is 0 Å². The van der Waals surface area contributed by atoms with E-state index < -0.39 is 0 Å². The molecule has 0 bridgehead atoms. The Labute approximate surface area is 184 Å². The Bertz CT molecular complexity index is 976. The van der Waals surface area contributed by atoms with Crippen molar-refractivity contribution in [2.75, 3.05) is 36.2 Å². The van der Waals surface area contributed by atoms with Crippen molar-refractivity contribution in [3.63, 3.8) is 0 Å². The maximum Gasteiger partial charge on any atom is 0.237 e. The normalized spacial score (nSPS) is 11.6. The summed E-state index contributed by atoms with van der Waals surface area (Å²) >= 11 is 2.78. The number of hydrogen-bond acceptors (Lipinski definition) is 8. The lowest BCUT2D eigenvalue weighted by molar-refractivity contribution is -0.115. The first-order valence-corrected chi connectivity index (χ1v) is 11.2. The van der Waals surface area contributed by atoms with E-state index in [1.54, 1.807) is 0 Å². The summed E-state index contributed by atoms with van der Waals surface area (Å²) in [6.45, 7) is 4.38. The first-order valence-electron chi connectivity index (χ1n) is 9.53. The van der Waals surface area contributed by atoms with Crippen LogP contribution in [0.25, 0.3) is 0 Å². The van der Waals surface area contributed by atoms with Crippen LogP contribution in [0.4, 0.5) is 22.2 Å². The number of aromatic nitrogens is 2. The molecule has 0 aliphatic heterocycles. The van der Waals surface area contributed by atoms with Crippen molar-refractivity contribution in [1.82, 2.24) is 10.2 Å². The van der Waals surface area contributed by atoms with Crippen LogP contribution >= 0.6 is 23.1 Å². The summed E-state index contributed by atoms with van der Waals surface area (Å²) in [7, 11) is 3.96. The fourth-order valence-corrected chi connectivity index (χ4v) is 4.47. The highest BCUT2D eigenvalue weighted by Crippen LogP contribution is 2.33. The van der Waals surface area contributed by atoms with Crippen molar-refractivity contribution >= 4 is 51.2 Å². The first-order chi connectivity index (χ1) is 14.5. The Morgan fingerprint density at radius 2 is 1.90 bits per heavy atom. The minimum absolute atomic E-state index is 0.0796. The lowest BCUT2D eigenvalue weighted by atomic mass is 10.2. The highest BCUT2D eigenvalue weighted by molar-refractivity contribution is 8.02. The predicted molar refractivity (Wildman–Crippen MR) is 126 cm³/mol. The van der Waals surface area contributed by atoms with E-state index >= 15 is 0 Å². The molecule has 0 aliphatic carbocycles. The molecule has 30 heavy (non-hydrogen) atoms. The average Bonchev–Trinajstić information content (AvgIpc) is 3.16. The zero-order valence-corrected chi connectivity index (χ0v) is 19.0. The summed E-state index contributed by atoms with van der Waals surface area (Å²) < 4.78 is 6.34. The number of thioether (sulfide) groups is 1. The fourth-order valence-electron chi connectivity index (χ4n) is 2.57. The van der Waals surface area contributed by atoms with Crippen LogP contribution in [0, 0.1) is 0 Å². The highest BCUT2D eigenvalue weighted by Gasteiger charge is 2.18. The van der Waals surface area contributed by atoms with E-state index in [9.17, 15) is 4.79 Å². The van der Waals surface area contributed by atoms with Crippen LogP contribution in [-0.4, -0.2) is 42.1 Å². The van der Waals surface area contributed by atoms with Crippen molar-refractivity contribution in [1.29, 1.82) is 0 Å². The maximum atomic E-state index is 12.5. The molecule has 1 amide bonds. The van der Waals surface area contributed by atoms with Gasteiger partial charge in [-0.05, 0) is 50.2 Å². The first kappa shape index (κ1) is 21.9. The van der Waals surface area contributed by atoms with Crippen molar-refractivity contribution in [2.24, 2.45) is 0 Å². The van der Waals surface area contributed by atoms with E-state index in [4.69, 9.17) is 4.74 Å². The summed E-state index contributed by atoms with van der Waals surface area (Å²) in [5.74, 6) is 0.682. The number of benzene rings is 2. The molecule has 0 saturated carbocycles. The molecule has 3 rings (SSSR count). The third kappa shape index (κ3) is 5.87. The van der Waals surface area contributed by atoms with Crippen molar-refractivity contribution < 1.29 is 9.53 Å². The Kier molecular flexibility index (Phi) is 7.53. The molecule has 1 aromatic heterocycles. The van der Waals surface area contributed by atoms with E-state index in [0.717, 1.165) is 27.2 Å². The Hall–Kier alpha value is -2.78. The van der Waals surface area contributed by atoms with E-state index in [2.05, 4.69) is 20.8 Å². The molecule has 9 heteroatoms. The third-order valence-corrected chi connectivity index (χ3v) is 6.16. The second-order valence-corrected chi connectivity index (χ2v) is 9.18. The lowest BCUT2D eigenvalue weighted by Crippen LogP contribution is -2.22. The Morgan fingerprint density at radius 3 is 2.60 bits per heavy atom. The molecule has 2 N–H and O–H groups in total. The number of nitrogens with zero attached hydrogens (tertiary/aromatic N) is 3. The summed E-state index contributed by atoms with van der Waals surface area (Å²) in [4.78, 5) is 14.5. The minimum atomic E-state index is -0.310. The number of carbonyl (C=O) groups excluding carboxylic acids is 1. The SMILES string of the molecule is CCOc1ccccc1Nc1nnc(S[C@H](C)C(=O)Nc2ccc(N(C)C)cc2)s1. The predicted octanol–water partition coefficient (Wildman–Crippen LogP) is 4.87. The average molecular weight is 444 g/mol. The van der Waals surface area contributed by atoms with Crippen molar-refractivity contribution in [2.45, 2.75) is 23.4 Å². The number of nitrogens with one attached hydrogen (secondary N) is 2. The van der Waals surface area contributed by atoms with Gasteiger partial charge in [0.05, 0.1) is 17.5 Å². The van der Waals surface area contributed by atoms with E-state index in [1.807, 2.05) is 81.4 Å². The van der Waals surface area contributed by atoms with Gasteiger partial charge in [0, 0.05) is 25.5 Å². The zero-order valence-electron chi connectivity index (χ0n) is 17.4. The minimum Gasteiger partial charge on any atom is -0.492 e. The maximum absolute atomic E-state index is 12.5. The van der Waals surface area contributed by atoms with Gasteiger partial charge < -0.3 is 20.3 Å². The second-order valence-electron chi connectivity index (χ2n) is 6.62. The molecule has 0 spiro atoms. The van der Waals surface area contributed by atoms with Gasteiger partial charge in [0.15, 0.2) is 4.34 Å². The van der Waals surface area contributed by atoms with Crippen LogP contribution in [0.15, 0.2) is 52.9 Å². The van der Waals surface area contributed by atoms with Gasteiger partial charge in [-0.25, -0.2) is 0 Å². The van der Waals surface area contributed by atoms with Gasteiger partial charge in [-0.15, -0.1) is 10.2 Å². The molecule has 0 radical (unpaired) electrons. The van der Waals surface area contributed by atoms with Crippen LogP contribution in [0.2, 0.25) is 0 Å². The number of ether oxygens (including phenoxy) is 1. The van der Waals surface area contributed by atoms with E-state index in [0.29, 0.717) is 11.7 Å². The monoisotopic (exact) mass is 443 g/mol. The summed E-state index contributed by atoms with van der Waals surface area (Å²) in [6.07, 6.45) is 0.